The largest absolute Gasteiger partial charge is 0.322 e. The number of hydrogen-bond donors (Lipinski definition) is 2. The molecule has 3 N–H and O–H groups in total. The highest BCUT2D eigenvalue weighted by atomic mass is 32.1. The minimum absolute atomic E-state index is 0.0181. The third kappa shape index (κ3) is 1.71. The van der Waals surface area contributed by atoms with Gasteiger partial charge in [-0.05, 0) is 19.3 Å². The Balaban J connectivity index is 2.10. The van der Waals surface area contributed by atoms with E-state index in [1.165, 1.54) is 11.3 Å². The summed E-state index contributed by atoms with van der Waals surface area (Å²) in [5, 5.41) is 3.36. The van der Waals surface area contributed by atoms with Crippen LogP contribution in [0.5, 0.6) is 0 Å². The van der Waals surface area contributed by atoms with E-state index in [2.05, 4.69) is 10.3 Å². The number of nitrogens with zero attached hydrogens (tertiary/aromatic N) is 1. The average molecular weight is 197 g/mol. The third-order valence-corrected chi connectivity index (χ3v) is 3.10. The molecule has 0 atom stereocenters. The Hall–Kier alpha value is -0.940. The molecule has 0 spiro atoms. The quantitative estimate of drug-likeness (QED) is 0.726. The molecule has 1 aromatic rings. The van der Waals surface area contributed by atoms with Crippen molar-refractivity contribution in [3.63, 3.8) is 0 Å². The van der Waals surface area contributed by atoms with Crippen molar-refractivity contribution in [1.29, 1.82) is 0 Å². The summed E-state index contributed by atoms with van der Waals surface area (Å²) in [5.41, 5.74) is 6.33. The molecule has 0 saturated heterocycles. The molecule has 0 fully saturated rings. The highest BCUT2D eigenvalue weighted by Gasteiger charge is 2.17. The number of thiazole rings is 1. The maximum atomic E-state index is 10.9. The molecule has 1 amide bonds. The van der Waals surface area contributed by atoms with Crippen molar-refractivity contribution < 1.29 is 4.79 Å². The molecule has 70 valence electrons. The fourth-order valence-corrected chi connectivity index (χ4v) is 2.48. The summed E-state index contributed by atoms with van der Waals surface area (Å²) in [5.74, 6) is -0.174. The SMILES string of the molecule is NCC(=O)Nc1nc2c(s1)CCC2. The second-order valence-corrected chi connectivity index (χ2v) is 4.08. The van der Waals surface area contributed by atoms with Crippen LogP contribution in [-0.4, -0.2) is 17.4 Å². The van der Waals surface area contributed by atoms with Gasteiger partial charge in [-0.3, -0.25) is 4.79 Å². The number of rotatable bonds is 2. The van der Waals surface area contributed by atoms with Crippen LogP contribution in [0.2, 0.25) is 0 Å². The van der Waals surface area contributed by atoms with Crippen molar-refractivity contribution in [2.45, 2.75) is 19.3 Å². The molecule has 0 bridgehead atoms. The van der Waals surface area contributed by atoms with E-state index in [4.69, 9.17) is 5.73 Å². The topological polar surface area (TPSA) is 68.0 Å². The van der Waals surface area contributed by atoms with Crippen LogP contribution in [0, 0.1) is 0 Å². The van der Waals surface area contributed by atoms with E-state index in [9.17, 15) is 4.79 Å². The summed E-state index contributed by atoms with van der Waals surface area (Å²) in [7, 11) is 0. The highest BCUT2D eigenvalue weighted by Crippen LogP contribution is 2.30. The molecule has 0 radical (unpaired) electrons. The average Bonchev–Trinajstić information content (AvgIpc) is 2.63. The van der Waals surface area contributed by atoms with Crippen LogP contribution in [0.3, 0.4) is 0 Å². The van der Waals surface area contributed by atoms with E-state index >= 15 is 0 Å². The van der Waals surface area contributed by atoms with Gasteiger partial charge in [-0.1, -0.05) is 0 Å². The van der Waals surface area contributed by atoms with Gasteiger partial charge in [-0.25, -0.2) is 4.98 Å². The monoisotopic (exact) mass is 197 g/mol. The van der Waals surface area contributed by atoms with E-state index in [-0.39, 0.29) is 12.5 Å². The summed E-state index contributed by atoms with van der Waals surface area (Å²) >= 11 is 1.57. The number of aryl methyl sites for hydroxylation is 2. The minimum Gasteiger partial charge on any atom is -0.322 e. The van der Waals surface area contributed by atoms with Crippen LogP contribution >= 0.6 is 11.3 Å². The van der Waals surface area contributed by atoms with Gasteiger partial charge >= 0.3 is 0 Å². The van der Waals surface area contributed by atoms with E-state index in [1.54, 1.807) is 11.3 Å². The Morgan fingerprint density at radius 3 is 3.15 bits per heavy atom. The van der Waals surface area contributed by atoms with Crippen LogP contribution in [0.15, 0.2) is 0 Å². The van der Waals surface area contributed by atoms with Gasteiger partial charge in [0.25, 0.3) is 0 Å². The van der Waals surface area contributed by atoms with Gasteiger partial charge in [-0.15, -0.1) is 11.3 Å². The van der Waals surface area contributed by atoms with Crippen molar-refractivity contribution >= 4 is 22.4 Å². The maximum Gasteiger partial charge on any atom is 0.239 e. The summed E-state index contributed by atoms with van der Waals surface area (Å²) in [6.07, 6.45) is 3.34. The molecular formula is C8H11N3OS. The molecule has 0 aromatic carbocycles. The Morgan fingerprint density at radius 1 is 1.62 bits per heavy atom. The number of nitrogens with two attached hydrogens (primary N) is 1. The van der Waals surface area contributed by atoms with Crippen LogP contribution in [0.25, 0.3) is 0 Å². The summed E-state index contributed by atoms with van der Waals surface area (Å²) in [6, 6.07) is 0. The maximum absolute atomic E-state index is 10.9. The van der Waals surface area contributed by atoms with E-state index in [1.807, 2.05) is 0 Å². The Kier molecular flexibility index (Phi) is 2.28. The lowest BCUT2D eigenvalue weighted by Gasteiger charge is -1.96. The zero-order valence-corrected chi connectivity index (χ0v) is 7.99. The predicted molar refractivity (Wildman–Crippen MR) is 51.8 cm³/mol. The molecule has 1 aliphatic carbocycles. The van der Waals surface area contributed by atoms with Gasteiger partial charge in [0.05, 0.1) is 12.2 Å². The smallest absolute Gasteiger partial charge is 0.239 e. The number of aromatic nitrogens is 1. The second-order valence-electron chi connectivity index (χ2n) is 2.99. The van der Waals surface area contributed by atoms with Crippen LogP contribution in [0.4, 0.5) is 5.13 Å². The van der Waals surface area contributed by atoms with Crippen LogP contribution < -0.4 is 11.1 Å². The number of amides is 1. The highest BCUT2D eigenvalue weighted by molar-refractivity contribution is 7.15. The van der Waals surface area contributed by atoms with Gasteiger partial charge in [0.15, 0.2) is 5.13 Å². The first-order valence-electron chi connectivity index (χ1n) is 4.28. The lowest BCUT2D eigenvalue weighted by atomic mass is 10.4. The van der Waals surface area contributed by atoms with E-state index in [0.29, 0.717) is 5.13 Å². The first-order valence-corrected chi connectivity index (χ1v) is 5.09. The normalized spacial score (nSPS) is 14.2. The van der Waals surface area contributed by atoms with Gasteiger partial charge in [0, 0.05) is 4.88 Å². The molecule has 1 aromatic heterocycles. The fourth-order valence-electron chi connectivity index (χ4n) is 1.41. The van der Waals surface area contributed by atoms with Crippen molar-refractivity contribution in [2.75, 3.05) is 11.9 Å². The Labute approximate surface area is 80.2 Å². The third-order valence-electron chi connectivity index (χ3n) is 2.03. The molecule has 0 saturated carbocycles. The molecule has 5 heteroatoms. The Morgan fingerprint density at radius 2 is 2.46 bits per heavy atom. The molecule has 0 aliphatic heterocycles. The Bertz CT molecular complexity index is 313. The van der Waals surface area contributed by atoms with Gasteiger partial charge in [0.2, 0.25) is 5.91 Å². The molecule has 1 heterocycles. The summed E-state index contributed by atoms with van der Waals surface area (Å²) in [6.45, 7) is 0.0181. The number of hydrogen-bond acceptors (Lipinski definition) is 4. The zero-order valence-electron chi connectivity index (χ0n) is 7.17. The number of fused-ring (bicyclic) bond motifs is 1. The fraction of sp³-hybridized carbons (Fsp3) is 0.500. The first-order chi connectivity index (χ1) is 6.29. The van der Waals surface area contributed by atoms with Crippen molar-refractivity contribution in [1.82, 2.24) is 4.98 Å². The lowest BCUT2D eigenvalue weighted by Crippen LogP contribution is -2.21. The molecule has 2 rings (SSSR count). The molecule has 4 nitrogen and oxygen atoms in total. The number of carbonyl (C=O) groups is 1. The molecule has 13 heavy (non-hydrogen) atoms. The van der Waals surface area contributed by atoms with Gasteiger partial charge < -0.3 is 11.1 Å². The predicted octanol–water partition coefficient (Wildman–Crippen LogP) is 0.529. The summed E-state index contributed by atoms with van der Waals surface area (Å²) in [4.78, 5) is 16.6. The number of nitrogens with one attached hydrogen (secondary N) is 1. The first kappa shape index (κ1) is 8.65. The van der Waals surface area contributed by atoms with E-state index < -0.39 is 0 Å². The molecular weight excluding hydrogens is 186 g/mol. The number of anilines is 1. The van der Waals surface area contributed by atoms with Crippen LogP contribution in [0.1, 0.15) is 17.0 Å². The van der Waals surface area contributed by atoms with Crippen LogP contribution in [-0.2, 0) is 17.6 Å². The van der Waals surface area contributed by atoms with Crippen molar-refractivity contribution in [3.8, 4) is 0 Å². The molecule has 0 unspecified atom stereocenters. The van der Waals surface area contributed by atoms with Crippen molar-refractivity contribution in [2.24, 2.45) is 5.73 Å². The second kappa shape index (κ2) is 3.43. The minimum atomic E-state index is -0.174. The lowest BCUT2D eigenvalue weighted by molar-refractivity contribution is -0.114. The van der Waals surface area contributed by atoms with Gasteiger partial charge in [0.1, 0.15) is 0 Å². The molecule has 1 aliphatic rings. The van der Waals surface area contributed by atoms with E-state index in [0.717, 1.165) is 18.5 Å². The van der Waals surface area contributed by atoms with Gasteiger partial charge in [-0.2, -0.15) is 0 Å². The van der Waals surface area contributed by atoms with Crippen molar-refractivity contribution in [3.05, 3.63) is 10.6 Å². The summed E-state index contributed by atoms with van der Waals surface area (Å²) < 4.78 is 0. The standard InChI is InChI=1S/C8H11N3OS/c9-4-7(12)11-8-10-5-2-1-3-6(5)13-8/h1-4,9H2,(H,10,11,12). The number of carbonyl (C=O) groups excluding carboxylic acids is 1. The zero-order chi connectivity index (χ0) is 9.26.